The SMILES string of the molecule is CC1COC(=O)O1.CC1COS(=O)O1. The van der Waals surface area contributed by atoms with Crippen LogP contribution in [0.15, 0.2) is 0 Å². The van der Waals surface area contributed by atoms with Crippen LogP contribution in [0.4, 0.5) is 4.79 Å². The van der Waals surface area contributed by atoms with Gasteiger partial charge in [-0.25, -0.2) is 4.79 Å². The van der Waals surface area contributed by atoms with Crippen LogP contribution in [-0.4, -0.2) is 35.8 Å². The molecule has 0 aromatic heterocycles. The molecule has 0 N–H and O–H groups in total. The summed E-state index contributed by atoms with van der Waals surface area (Å²) in [6, 6.07) is 0. The van der Waals surface area contributed by atoms with Crippen LogP contribution in [0, 0.1) is 0 Å². The number of ether oxygens (including phenoxy) is 2. The number of hydrogen-bond acceptors (Lipinski definition) is 6. The van der Waals surface area contributed by atoms with Crippen molar-refractivity contribution in [2.75, 3.05) is 13.2 Å². The number of rotatable bonds is 0. The normalized spacial score (nSPS) is 35.6. The summed E-state index contributed by atoms with van der Waals surface area (Å²) >= 11 is -1.45. The molecule has 0 aromatic carbocycles. The molecule has 6 nitrogen and oxygen atoms in total. The summed E-state index contributed by atoms with van der Waals surface area (Å²) in [6.45, 7) is 4.45. The van der Waals surface area contributed by atoms with Gasteiger partial charge < -0.3 is 9.47 Å². The molecular weight excluding hydrogens is 212 g/mol. The predicted octanol–water partition coefficient (Wildman–Crippen LogP) is 0.542. The van der Waals surface area contributed by atoms with Gasteiger partial charge in [0, 0.05) is 0 Å². The number of cyclic esters (lactones) is 2. The molecular formula is C7H12O6S. The zero-order valence-corrected chi connectivity index (χ0v) is 8.74. The van der Waals surface area contributed by atoms with E-state index in [-0.39, 0.29) is 12.2 Å². The van der Waals surface area contributed by atoms with E-state index in [2.05, 4.69) is 17.8 Å². The summed E-state index contributed by atoms with van der Waals surface area (Å²) in [6.07, 6.45) is -0.596. The Morgan fingerprint density at radius 3 is 2.14 bits per heavy atom. The second-order valence-electron chi connectivity index (χ2n) is 2.88. The highest BCUT2D eigenvalue weighted by molar-refractivity contribution is 7.75. The van der Waals surface area contributed by atoms with E-state index < -0.39 is 17.5 Å². The molecule has 82 valence electrons. The van der Waals surface area contributed by atoms with Crippen LogP contribution in [0.5, 0.6) is 0 Å². The lowest BCUT2D eigenvalue weighted by atomic mass is 10.5. The second kappa shape index (κ2) is 5.28. The molecule has 0 saturated carbocycles. The molecule has 2 aliphatic heterocycles. The quantitative estimate of drug-likeness (QED) is 0.559. The maximum atomic E-state index is 10.1. The maximum Gasteiger partial charge on any atom is 0.508 e. The zero-order chi connectivity index (χ0) is 10.6. The van der Waals surface area contributed by atoms with Gasteiger partial charge in [-0.05, 0) is 13.8 Å². The highest BCUT2D eigenvalue weighted by Crippen LogP contribution is 2.06. The minimum atomic E-state index is -1.45. The smallest absolute Gasteiger partial charge is 0.430 e. The Kier molecular flexibility index (Phi) is 4.30. The molecule has 3 atom stereocenters. The first kappa shape index (κ1) is 11.4. The van der Waals surface area contributed by atoms with Crippen LogP contribution >= 0.6 is 0 Å². The van der Waals surface area contributed by atoms with Crippen molar-refractivity contribution in [3.8, 4) is 0 Å². The molecule has 3 unspecified atom stereocenters. The first-order chi connectivity index (χ1) is 6.58. The van der Waals surface area contributed by atoms with Crippen molar-refractivity contribution >= 4 is 17.5 Å². The third-order valence-electron chi connectivity index (χ3n) is 1.38. The van der Waals surface area contributed by atoms with Crippen molar-refractivity contribution in [1.29, 1.82) is 0 Å². The Hall–Kier alpha value is -0.660. The van der Waals surface area contributed by atoms with Gasteiger partial charge >= 0.3 is 17.5 Å². The standard InChI is InChI=1S/C4H6O3.C3H6O3S/c1-3-2-6-4(5)7-3;1-3-2-5-7(4)6-3/h2*3H,2H2,1H3. The molecule has 0 radical (unpaired) electrons. The molecule has 0 amide bonds. The molecule has 2 saturated heterocycles. The molecule has 14 heavy (non-hydrogen) atoms. The van der Waals surface area contributed by atoms with Gasteiger partial charge in [-0.2, -0.15) is 4.21 Å². The van der Waals surface area contributed by atoms with E-state index in [1.807, 2.05) is 6.92 Å². The van der Waals surface area contributed by atoms with Crippen LogP contribution < -0.4 is 0 Å². The first-order valence-electron chi connectivity index (χ1n) is 4.13. The van der Waals surface area contributed by atoms with Crippen LogP contribution in [0.25, 0.3) is 0 Å². The van der Waals surface area contributed by atoms with E-state index >= 15 is 0 Å². The zero-order valence-electron chi connectivity index (χ0n) is 7.93. The average Bonchev–Trinajstić information content (AvgIpc) is 2.63. The van der Waals surface area contributed by atoms with Gasteiger partial charge in [0.15, 0.2) is 0 Å². The Bertz CT molecular complexity index is 206. The van der Waals surface area contributed by atoms with Crippen molar-refractivity contribution in [3.05, 3.63) is 0 Å². The summed E-state index contributed by atoms with van der Waals surface area (Å²) in [5.74, 6) is 0. The van der Waals surface area contributed by atoms with Gasteiger partial charge in [-0.15, -0.1) is 0 Å². The third-order valence-corrected chi connectivity index (χ3v) is 2.19. The Labute approximate surface area is 84.3 Å². The van der Waals surface area contributed by atoms with Gasteiger partial charge in [0.1, 0.15) is 12.7 Å². The number of carbonyl (C=O) groups is 1. The monoisotopic (exact) mass is 224 g/mol. The van der Waals surface area contributed by atoms with Crippen LogP contribution in [0.1, 0.15) is 13.8 Å². The maximum absolute atomic E-state index is 10.1. The molecule has 0 spiro atoms. The van der Waals surface area contributed by atoms with E-state index in [4.69, 9.17) is 0 Å². The summed E-state index contributed by atoms with van der Waals surface area (Å²) in [7, 11) is 0. The fourth-order valence-electron chi connectivity index (χ4n) is 0.759. The van der Waals surface area contributed by atoms with Gasteiger partial charge in [-0.3, -0.25) is 8.37 Å². The van der Waals surface area contributed by atoms with Crippen molar-refractivity contribution in [1.82, 2.24) is 0 Å². The van der Waals surface area contributed by atoms with E-state index in [0.29, 0.717) is 13.2 Å². The first-order valence-corrected chi connectivity index (χ1v) is 5.13. The van der Waals surface area contributed by atoms with Gasteiger partial charge in [-0.1, -0.05) is 0 Å². The van der Waals surface area contributed by atoms with E-state index in [1.165, 1.54) is 0 Å². The van der Waals surface area contributed by atoms with Gasteiger partial charge in [0.2, 0.25) is 0 Å². The summed E-state index contributed by atoms with van der Waals surface area (Å²) in [4.78, 5) is 10.0. The van der Waals surface area contributed by atoms with Crippen LogP contribution in [0.3, 0.4) is 0 Å². The minimum absolute atomic E-state index is 0.000772. The average molecular weight is 224 g/mol. The van der Waals surface area contributed by atoms with Crippen molar-refractivity contribution < 1.29 is 26.8 Å². The molecule has 2 rings (SSSR count). The number of hydrogen-bond donors (Lipinski definition) is 0. The predicted molar refractivity (Wildman–Crippen MR) is 46.5 cm³/mol. The topological polar surface area (TPSA) is 71.1 Å². The molecule has 0 aromatic rings. The van der Waals surface area contributed by atoms with Crippen LogP contribution in [0.2, 0.25) is 0 Å². The van der Waals surface area contributed by atoms with E-state index in [9.17, 15) is 9.00 Å². The lowest BCUT2D eigenvalue weighted by Gasteiger charge is -1.90. The Balaban J connectivity index is 0.000000140. The Morgan fingerprint density at radius 1 is 1.29 bits per heavy atom. The fourth-order valence-corrected chi connectivity index (χ4v) is 1.44. The van der Waals surface area contributed by atoms with Gasteiger partial charge in [0.25, 0.3) is 0 Å². The Morgan fingerprint density at radius 2 is 2.00 bits per heavy atom. The van der Waals surface area contributed by atoms with Gasteiger partial charge in [0.05, 0.1) is 12.7 Å². The number of carbonyl (C=O) groups excluding carboxylic acids is 1. The highest BCUT2D eigenvalue weighted by atomic mass is 32.2. The van der Waals surface area contributed by atoms with Crippen molar-refractivity contribution in [2.45, 2.75) is 26.1 Å². The van der Waals surface area contributed by atoms with Crippen molar-refractivity contribution in [3.63, 3.8) is 0 Å². The molecule has 2 aliphatic rings. The van der Waals surface area contributed by atoms with E-state index in [1.54, 1.807) is 6.92 Å². The van der Waals surface area contributed by atoms with Crippen molar-refractivity contribution in [2.24, 2.45) is 0 Å². The molecule has 0 aliphatic carbocycles. The minimum Gasteiger partial charge on any atom is -0.430 e. The summed E-state index contributed by atoms with van der Waals surface area (Å²) in [5, 5.41) is 0. The lowest BCUT2D eigenvalue weighted by molar-refractivity contribution is 0.121. The summed E-state index contributed by atoms with van der Waals surface area (Å²) in [5.41, 5.74) is 0. The van der Waals surface area contributed by atoms with Crippen LogP contribution in [-0.2, 0) is 29.2 Å². The highest BCUT2D eigenvalue weighted by Gasteiger charge is 2.19. The van der Waals surface area contributed by atoms with E-state index in [0.717, 1.165) is 0 Å². The molecule has 0 bridgehead atoms. The second-order valence-corrected chi connectivity index (χ2v) is 3.72. The molecule has 7 heteroatoms. The fraction of sp³-hybridized carbons (Fsp3) is 0.857. The lowest BCUT2D eigenvalue weighted by Crippen LogP contribution is -2.01. The third kappa shape index (κ3) is 4.03. The molecule has 2 fully saturated rings. The molecule has 2 heterocycles. The largest absolute Gasteiger partial charge is 0.508 e. The summed E-state index contributed by atoms with van der Waals surface area (Å²) < 4.78 is 28.2.